The van der Waals surface area contributed by atoms with Crippen molar-refractivity contribution in [1.82, 2.24) is 14.4 Å². The molecule has 154 valence electrons. The summed E-state index contributed by atoms with van der Waals surface area (Å²) in [5.41, 5.74) is 1.16. The van der Waals surface area contributed by atoms with Gasteiger partial charge < -0.3 is 14.6 Å². The first-order valence-corrected chi connectivity index (χ1v) is 11.4. The fraction of sp³-hybridized carbons (Fsp3) is 0.545. The predicted octanol–water partition coefficient (Wildman–Crippen LogP) is 2.13. The largest absolute Gasteiger partial charge is 0.391 e. The second-order valence-electron chi connectivity index (χ2n) is 8.71. The molecule has 0 saturated carbocycles. The minimum Gasteiger partial charge on any atom is -0.391 e. The Kier molecular flexibility index (Phi) is 5.05. The van der Waals surface area contributed by atoms with Crippen molar-refractivity contribution >= 4 is 17.2 Å². The first-order chi connectivity index (χ1) is 14.1. The third-order valence-corrected chi connectivity index (χ3v) is 7.41. The van der Waals surface area contributed by atoms with Crippen molar-refractivity contribution < 1.29 is 9.90 Å². The molecule has 7 heteroatoms. The van der Waals surface area contributed by atoms with E-state index in [-0.39, 0.29) is 17.0 Å². The Balaban J connectivity index is 1.38. The third-order valence-electron chi connectivity index (χ3n) is 6.55. The van der Waals surface area contributed by atoms with Crippen molar-refractivity contribution in [1.29, 1.82) is 0 Å². The smallest absolute Gasteiger partial charge is 0.263 e. The maximum Gasteiger partial charge on any atom is 0.263 e. The van der Waals surface area contributed by atoms with E-state index in [0.29, 0.717) is 31.5 Å². The van der Waals surface area contributed by atoms with Crippen LogP contribution in [0.1, 0.15) is 46.1 Å². The number of carbonyl (C=O) groups is 1. The molecule has 2 aromatic heterocycles. The lowest BCUT2D eigenvalue weighted by Crippen LogP contribution is -2.48. The van der Waals surface area contributed by atoms with E-state index >= 15 is 0 Å². The van der Waals surface area contributed by atoms with Crippen LogP contribution in [0.25, 0.3) is 0 Å². The van der Waals surface area contributed by atoms with E-state index in [0.717, 1.165) is 44.6 Å². The Bertz CT molecular complexity index is 955. The van der Waals surface area contributed by atoms with E-state index in [2.05, 4.69) is 22.4 Å². The molecule has 1 N–H and O–H groups in total. The minimum absolute atomic E-state index is 0.158. The Hall–Kier alpha value is -1.96. The highest BCUT2D eigenvalue weighted by Crippen LogP contribution is 2.36. The summed E-state index contributed by atoms with van der Waals surface area (Å²) in [5.74, 6) is 0.552. The Morgan fingerprint density at radius 3 is 2.86 bits per heavy atom. The summed E-state index contributed by atoms with van der Waals surface area (Å²) in [5, 5.41) is 12.0. The van der Waals surface area contributed by atoms with Crippen LogP contribution in [0.5, 0.6) is 0 Å². The van der Waals surface area contributed by atoms with Crippen LogP contribution in [0.4, 0.5) is 0 Å². The summed E-state index contributed by atoms with van der Waals surface area (Å²) < 4.78 is 1.86. The minimum atomic E-state index is -0.484. The SMILES string of the molecule is O=C(c1ccc2n(c1=O)C[C@H]1C[C@@H]2CN(Cc2cccs2)C1)N1CCC[C@H](O)C1. The van der Waals surface area contributed by atoms with Gasteiger partial charge in [-0.1, -0.05) is 6.07 Å². The van der Waals surface area contributed by atoms with Gasteiger partial charge in [0.1, 0.15) is 5.56 Å². The van der Waals surface area contributed by atoms with Gasteiger partial charge in [0.15, 0.2) is 0 Å². The number of piperidine rings is 2. The number of amides is 1. The van der Waals surface area contributed by atoms with Crippen LogP contribution < -0.4 is 5.56 Å². The zero-order valence-corrected chi connectivity index (χ0v) is 17.3. The molecule has 5 heterocycles. The molecule has 0 aliphatic carbocycles. The number of aliphatic hydroxyl groups excluding tert-OH is 1. The molecule has 3 aliphatic heterocycles. The predicted molar refractivity (Wildman–Crippen MR) is 112 cm³/mol. The standard InChI is InChI=1S/C22H27N3O3S/c26-17-3-1-7-24(13-17)21(27)19-5-6-20-16-9-15(11-25(20)22(19)28)10-23(12-16)14-18-4-2-8-29-18/h2,4-6,8,15-17,26H,1,3,7,9-14H2/t15-,16+,17-/m0/s1. The lowest BCUT2D eigenvalue weighted by atomic mass is 9.83. The molecular formula is C22H27N3O3S. The number of aliphatic hydroxyl groups is 1. The fourth-order valence-electron chi connectivity index (χ4n) is 5.27. The summed E-state index contributed by atoms with van der Waals surface area (Å²) in [7, 11) is 0. The van der Waals surface area contributed by atoms with Crippen LogP contribution in [0.15, 0.2) is 34.4 Å². The first-order valence-electron chi connectivity index (χ1n) is 10.5. The zero-order chi connectivity index (χ0) is 20.0. The van der Waals surface area contributed by atoms with Crippen molar-refractivity contribution in [3.05, 3.63) is 56.1 Å². The summed E-state index contributed by atoms with van der Waals surface area (Å²) >= 11 is 1.79. The molecule has 6 nitrogen and oxygen atoms in total. The number of carbonyl (C=O) groups excluding carboxylic acids is 1. The second-order valence-corrected chi connectivity index (χ2v) is 9.74. The normalized spacial score (nSPS) is 26.9. The van der Waals surface area contributed by atoms with Gasteiger partial charge in [0.25, 0.3) is 11.5 Å². The van der Waals surface area contributed by atoms with Crippen LogP contribution in [0.3, 0.4) is 0 Å². The topological polar surface area (TPSA) is 65.8 Å². The van der Waals surface area contributed by atoms with Crippen LogP contribution in [0.2, 0.25) is 0 Å². The van der Waals surface area contributed by atoms with Gasteiger partial charge in [-0.15, -0.1) is 11.3 Å². The van der Waals surface area contributed by atoms with Crippen LogP contribution in [-0.2, 0) is 13.1 Å². The lowest BCUT2D eigenvalue weighted by Gasteiger charge is -2.43. The van der Waals surface area contributed by atoms with Gasteiger partial charge in [-0.25, -0.2) is 0 Å². The average Bonchev–Trinajstić information content (AvgIpc) is 3.21. The number of fused-ring (bicyclic) bond motifs is 4. The Morgan fingerprint density at radius 2 is 2.07 bits per heavy atom. The number of rotatable bonds is 3. The second kappa shape index (κ2) is 7.70. The van der Waals surface area contributed by atoms with Gasteiger partial charge in [-0.3, -0.25) is 14.5 Å². The number of aromatic nitrogens is 1. The summed E-state index contributed by atoms with van der Waals surface area (Å²) in [6, 6.07) is 7.99. The highest BCUT2D eigenvalue weighted by molar-refractivity contribution is 7.09. The van der Waals surface area contributed by atoms with Gasteiger partial charge in [0.2, 0.25) is 0 Å². The molecule has 5 rings (SSSR count). The highest BCUT2D eigenvalue weighted by atomic mass is 32.1. The van der Waals surface area contributed by atoms with E-state index in [1.165, 1.54) is 4.88 Å². The molecule has 0 radical (unpaired) electrons. The van der Waals surface area contributed by atoms with Gasteiger partial charge in [0, 0.05) is 55.8 Å². The average molecular weight is 414 g/mol. The van der Waals surface area contributed by atoms with E-state index in [4.69, 9.17) is 0 Å². The molecule has 1 amide bonds. The molecule has 29 heavy (non-hydrogen) atoms. The monoisotopic (exact) mass is 413 g/mol. The molecule has 0 aromatic carbocycles. The van der Waals surface area contributed by atoms with Crippen molar-refractivity contribution in [3.63, 3.8) is 0 Å². The van der Waals surface area contributed by atoms with Crippen molar-refractivity contribution in [2.24, 2.45) is 5.92 Å². The molecule has 3 aliphatic rings. The zero-order valence-electron chi connectivity index (χ0n) is 16.5. The van der Waals surface area contributed by atoms with Crippen LogP contribution in [0, 0.1) is 5.92 Å². The summed E-state index contributed by atoms with van der Waals surface area (Å²) in [6.07, 6.45) is 2.13. The molecule has 0 unspecified atom stereocenters. The van der Waals surface area contributed by atoms with Gasteiger partial charge >= 0.3 is 0 Å². The maximum absolute atomic E-state index is 13.2. The molecule has 2 bridgehead atoms. The fourth-order valence-corrected chi connectivity index (χ4v) is 6.02. The third kappa shape index (κ3) is 3.67. The summed E-state index contributed by atoms with van der Waals surface area (Å²) in [6.45, 7) is 4.55. The number of hydrogen-bond acceptors (Lipinski definition) is 5. The van der Waals surface area contributed by atoms with E-state index in [1.807, 2.05) is 10.6 Å². The first kappa shape index (κ1) is 19.0. The van der Waals surface area contributed by atoms with Crippen molar-refractivity contribution in [2.75, 3.05) is 26.2 Å². The van der Waals surface area contributed by atoms with Crippen LogP contribution >= 0.6 is 11.3 Å². The van der Waals surface area contributed by atoms with Gasteiger partial charge in [-0.2, -0.15) is 0 Å². The maximum atomic E-state index is 13.2. The molecule has 0 spiro atoms. The van der Waals surface area contributed by atoms with E-state index in [1.54, 1.807) is 22.3 Å². The summed E-state index contributed by atoms with van der Waals surface area (Å²) in [4.78, 5) is 31.6. The molecule has 2 aromatic rings. The number of hydrogen-bond donors (Lipinski definition) is 1. The van der Waals surface area contributed by atoms with Crippen LogP contribution in [-0.4, -0.2) is 57.7 Å². The Morgan fingerprint density at radius 1 is 1.17 bits per heavy atom. The quantitative estimate of drug-likeness (QED) is 0.837. The Labute approximate surface area is 174 Å². The lowest BCUT2D eigenvalue weighted by molar-refractivity contribution is 0.0470. The van der Waals surface area contributed by atoms with Gasteiger partial charge in [-0.05, 0) is 48.8 Å². The van der Waals surface area contributed by atoms with Crippen molar-refractivity contribution in [3.8, 4) is 0 Å². The van der Waals surface area contributed by atoms with Gasteiger partial charge in [0.05, 0.1) is 6.10 Å². The van der Waals surface area contributed by atoms with E-state index < -0.39 is 6.10 Å². The molecule has 3 atom stereocenters. The number of β-amino-alcohol motifs (C(OH)–C–C–N with tert-alkyl or cyclic N) is 1. The number of nitrogens with zero attached hydrogens (tertiary/aromatic N) is 3. The number of thiophene rings is 1. The molecule has 2 saturated heterocycles. The highest BCUT2D eigenvalue weighted by Gasteiger charge is 2.36. The number of likely N-dealkylation sites (tertiary alicyclic amines) is 2. The molecular weight excluding hydrogens is 386 g/mol. The molecule has 2 fully saturated rings. The van der Waals surface area contributed by atoms with E-state index in [9.17, 15) is 14.7 Å². The van der Waals surface area contributed by atoms with Crippen molar-refractivity contribution in [2.45, 2.75) is 44.4 Å². The number of pyridine rings is 1.